The van der Waals surface area contributed by atoms with Crippen molar-refractivity contribution in [1.82, 2.24) is 4.98 Å². The summed E-state index contributed by atoms with van der Waals surface area (Å²) in [6.07, 6.45) is 0. The number of aliphatic carboxylic acids is 1. The molecule has 0 fully saturated rings. The zero-order valence-electron chi connectivity index (χ0n) is 14.7. The van der Waals surface area contributed by atoms with E-state index >= 15 is 0 Å². The van der Waals surface area contributed by atoms with E-state index in [4.69, 9.17) is 25.8 Å². The van der Waals surface area contributed by atoms with Gasteiger partial charge in [-0.1, -0.05) is 11.6 Å². The van der Waals surface area contributed by atoms with E-state index in [2.05, 4.69) is 4.98 Å². The summed E-state index contributed by atoms with van der Waals surface area (Å²) in [6, 6.07) is 0.655. The van der Waals surface area contributed by atoms with Gasteiger partial charge in [0.05, 0.1) is 12.2 Å². The van der Waals surface area contributed by atoms with Crippen molar-refractivity contribution < 1.29 is 42.9 Å². The third-order valence-corrected chi connectivity index (χ3v) is 3.62. The van der Waals surface area contributed by atoms with Crippen LogP contribution in [0, 0.1) is 5.82 Å². The van der Waals surface area contributed by atoms with Crippen molar-refractivity contribution in [2.45, 2.75) is 26.2 Å². The zero-order valence-corrected chi connectivity index (χ0v) is 15.5. The quantitative estimate of drug-likeness (QED) is 0.388. The Hall–Kier alpha value is -2.75. The SMILES string of the molecule is CCOC(=O)c1cc(F)c(C(COC(C)=O)(COC(C)=O)C(=O)O)nc1Cl. The number of carboxylic acid groups (broad SMARTS) is 1. The normalized spacial score (nSPS) is 10.9. The molecule has 1 heterocycles. The number of halogens is 2. The fourth-order valence-electron chi connectivity index (χ4n) is 2.01. The molecule has 0 aromatic carbocycles. The minimum Gasteiger partial charge on any atom is -0.480 e. The Kier molecular flexibility index (Phi) is 7.65. The average molecular weight is 406 g/mol. The van der Waals surface area contributed by atoms with E-state index in [1.165, 1.54) is 6.92 Å². The third-order valence-electron chi connectivity index (χ3n) is 3.33. The van der Waals surface area contributed by atoms with Crippen molar-refractivity contribution >= 4 is 35.5 Å². The van der Waals surface area contributed by atoms with Crippen LogP contribution in [-0.4, -0.2) is 53.8 Å². The van der Waals surface area contributed by atoms with Gasteiger partial charge in [0.2, 0.25) is 0 Å². The first kappa shape index (κ1) is 22.3. The summed E-state index contributed by atoms with van der Waals surface area (Å²) in [6.45, 7) is 1.78. The van der Waals surface area contributed by atoms with E-state index in [0.717, 1.165) is 13.8 Å². The van der Waals surface area contributed by atoms with Gasteiger partial charge < -0.3 is 19.3 Å². The Morgan fingerprint density at radius 2 is 1.67 bits per heavy atom. The van der Waals surface area contributed by atoms with Gasteiger partial charge in [0, 0.05) is 13.8 Å². The van der Waals surface area contributed by atoms with Gasteiger partial charge in [-0.2, -0.15) is 0 Å². The summed E-state index contributed by atoms with van der Waals surface area (Å²) in [5, 5.41) is 9.13. The Labute approximate surface area is 158 Å². The van der Waals surface area contributed by atoms with Crippen LogP contribution in [0.3, 0.4) is 0 Å². The Bertz CT molecular complexity index is 749. The molecule has 11 heteroatoms. The summed E-state index contributed by atoms with van der Waals surface area (Å²) in [5.74, 6) is -5.57. The lowest BCUT2D eigenvalue weighted by atomic mass is 9.85. The second-order valence-electron chi connectivity index (χ2n) is 5.33. The van der Waals surface area contributed by atoms with Crippen LogP contribution in [0.25, 0.3) is 0 Å². The predicted molar refractivity (Wildman–Crippen MR) is 87.7 cm³/mol. The predicted octanol–water partition coefficient (Wildman–Crippen LogP) is 1.50. The van der Waals surface area contributed by atoms with Crippen LogP contribution in [-0.2, 0) is 34.0 Å². The highest BCUT2D eigenvalue weighted by molar-refractivity contribution is 6.32. The maximum Gasteiger partial charge on any atom is 0.341 e. The van der Waals surface area contributed by atoms with Crippen LogP contribution >= 0.6 is 11.6 Å². The number of rotatable bonds is 8. The molecular formula is C16H17ClFNO8. The molecule has 0 atom stereocenters. The number of carbonyl (C=O) groups is 4. The topological polar surface area (TPSA) is 129 Å². The first-order chi connectivity index (χ1) is 12.5. The van der Waals surface area contributed by atoms with Crippen LogP contribution < -0.4 is 0 Å². The number of aromatic nitrogens is 1. The van der Waals surface area contributed by atoms with Crippen molar-refractivity contribution in [2.24, 2.45) is 0 Å². The van der Waals surface area contributed by atoms with Gasteiger partial charge in [-0.15, -0.1) is 0 Å². The van der Waals surface area contributed by atoms with Gasteiger partial charge >= 0.3 is 23.9 Å². The van der Waals surface area contributed by atoms with E-state index in [1.54, 1.807) is 0 Å². The zero-order chi connectivity index (χ0) is 20.8. The van der Waals surface area contributed by atoms with E-state index < -0.39 is 64.7 Å². The minimum atomic E-state index is -2.38. The molecule has 0 aliphatic carbocycles. The number of carboxylic acids is 1. The van der Waals surface area contributed by atoms with Crippen LogP contribution in [0.2, 0.25) is 5.15 Å². The molecule has 1 aromatic heterocycles. The van der Waals surface area contributed by atoms with E-state index in [9.17, 15) is 28.7 Å². The molecular weight excluding hydrogens is 389 g/mol. The molecule has 148 valence electrons. The molecule has 0 saturated carbocycles. The Morgan fingerprint density at radius 1 is 1.15 bits per heavy atom. The van der Waals surface area contributed by atoms with Crippen molar-refractivity contribution in [1.29, 1.82) is 0 Å². The molecule has 1 aromatic rings. The van der Waals surface area contributed by atoms with Gasteiger partial charge in [-0.25, -0.2) is 14.2 Å². The lowest BCUT2D eigenvalue weighted by Crippen LogP contribution is -2.47. The first-order valence-corrected chi connectivity index (χ1v) is 7.96. The standard InChI is InChI=1S/C16H17ClFNO8/c1-4-25-14(22)10-5-11(18)12(19-13(10)17)16(15(23)24,6-26-8(2)20)7-27-9(3)21/h5H,4,6-7H2,1-3H3,(H,23,24). The second kappa shape index (κ2) is 9.26. The maximum absolute atomic E-state index is 14.7. The Morgan fingerprint density at radius 3 is 2.07 bits per heavy atom. The highest BCUT2D eigenvalue weighted by atomic mass is 35.5. The van der Waals surface area contributed by atoms with Gasteiger partial charge in [-0.3, -0.25) is 14.4 Å². The number of carbonyl (C=O) groups excluding carboxylic acids is 3. The molecule has 0 aliphatic heterocycles. The average Bonchev–Trinajstić information content (AvgIpc) is 2.56. The van der Waals surface area contributed by atoms with E-state index in [0.29, 0.717) is 6.07 Å². The summed E-state index contributed by atoms with van der Waals surface area (Å²) in [7, 11) is 0. The number of nitrogens with zero attached hydrogens (tertiary/aromatic N) is 1. The van der Waals surface area contributed by atoms with Gasteiger partial charge in [0.1, 0.15) is 29.9 Å². The van der Waals surface area contributed by atoms with Crippen molar-refractivity contribution in [3.05, 3.63) is 28.3 Å². The number of hydrogen-bond acceptors (Lipinski definition) is 8. The van der Waals surface area contributed by atoms with E-state index in [-0.39, 0.29) is 6.61 Å². The molecule has 0 aliphatic rings. The molecule has 9 nitrogen and oxygen atoms in total. The molecule has 0 bridgehead atoms. The summed E-state index contributed by atoms with van der Waals surface area (Å²) in [4.78, 5) is 49.6. The molecule has 27 heavy (non-hydrogen) atoms. The first-order valence-electron chi connectivity index (χ1n) is 7.59. The second-order valence-corrected chi connectivity index (χ2v) is 5.68. The molecule has 1 rings (SSSR count). The lowest BCUT2D eigenvalue weighted by molar-refractivity contribution is -0.158. The number of pyridine rings is 1. The van der Waals surface area contributed by atoms with Gasteiger partial charge in [-0.05, 0) is 13.0 Å². The largest absolute Gasteiger partial charge is 0.480 e. The van der Waals surface area contributed by atoms with Gasteiger partial charge in [0.25, 0.3) is 0 Å². The van der Waals surface area contributed by atoms with Crippen LogP contribution in [0.5, 0.6) is 0 Å². The molecule has 0 unspecified atom stereocenters. The molecule has 0 spiro atoms. The number of hydrogen-bond donors (Lipinski definition) is 1. The van der Waals surface area contributed by atoms with E-state index in [1.807, 2.05) is 0 Å². The lowest BCUT2D eigenvalue weighted by Gasteiger charge is -2.28. The number of ether oxygens (including phenoxy) is 3. The Balaban J connectivity index is 3.53. The summed E-state index contributed by atoms with van der Waals surface area (Å²) in [5.41, 5.74) is -3.56. The third kappa shape index (κ3) is 5.36. The maximum atomic E-state index is 14.7. The minimum absolute atomic E-state index is 0.00347. The molecule has 0 amide bonds. The number of esters is 3. The summed E-state index contributed by atoms with van der Waals surface area (Å²) >= 11 is 5.88. The van der Waals surface area contributed by atoms with Crippen molar-refractivity contribution in [3.63, 3.8) is 0 Å². The van der Waals surface area contributed by atoms with Crippen molar-refractivity contribution in [2.75, 3.05) is 19.8 Å². The summed E-state index contributed by atoms with van der Waals surface area (Å²) < 4.78 is 28.8. The smallest absolute Gasteiger partial charge is 0.341 e. The fourth-order valence-corrected chi connectivity index (χ4v) is 2.22. The highest BCUT2D eigenvalue weighted by Crippen LogP contribution is 2.30. The molecule has 0 radical (unpaired) electrons. The van der Waals surface area contributed by atoms with Crippen LogP contribution in [0.1, 0.15) is 36.8 Å². The molecule has 1 N–H and O–H groups in total. The fraction of sp³-hybridized carbons (Fsp3) is 0.438. The van der Waals surface area contributed by atoms with Crippen LogP contribution in [0.4, 0.5) is 4.39 Å². The van der Waals surface area contributed by atoms with Crippen LogP contribution in [0.15, 0.2) is 6.07 Å². The van der Waals surface area contributed by atoms with Crippen molar-refractivity contribution in [3.8, 4) is 0 Å². The monoisotopic (exact) mass is 405 g/mol. The molecule has 0 saturated heterocycles. The highest BCUT2D eigenvalue weighted by Gasteiger charge is 2.47. The van der Waals surface area contributed by atoms with Gasteiger partial charge in [0.15, 0.2) is 5.41 Å².